The third-order valence-electron chi connectivity index (χ3n) is 3.82. The van der Waals surface area contributed by atoms with Crippen molar-refractivity contribution in [3.05, 3.63) is 70.8 Å². The Morgan fingerprint density at radius 2 is 1.50 bits per heavy atom. The summed E-state index contributed by atoms with van der Waals surface area (Å²) in [5.41, 5.74) is 3.03. The van der Waals surface area contributed by atoms with Crippen LogP contribution in [-0.4, -0.2) is 22.4 Å². The van der Waals surface area contributed by atoms with Gasteiger partial charge >= 0.3 is 0 Å². The quantitative estimate of drug-likeness (QED) is 0.838. The van der Waals surface area contributed by atoms with Gasteiger partial charge in [-0.1, -0.05) is 19.1 Å². The van der Waals surface area contributed by atoms with E-state index in [0.29, 0.717) is 11.6 Å². The summed E-state index contributed by atoms with van der Waals surface area (Å²) in [4.78, 5) is 25.3. The maximum Gasteiger partial charge on any atom is 0.272 e. The van der Waals surface area contributed by atoms with Gasteiger partial charge in [0.05, 0.1) is 5.54 Å². The number of rotatable bonds is 3. The second-order valence-electron chi connectivity index (χ2n) is 6.96. The summed E-state index contributed by atoms with van der Waals surface area (Å²) in [6, 6.07) is 9.56. The van der Waals surface area contributed by atoms with Crippen LogP contribution in [0.5, 0.6) is 0 Å². The Kier molecular flexibility index (Phi) is 5.75. The van der Waals surface area contributed by atoms with E-state index in [-0.39, 0.29) is 5.56 Å². The van der Waals surface area contributed by atoms with Crippen LogP contribution in [0.15, 0.2) is 42.5 Å². The molecular weight excluding hydrogens is 338 g/mol. The van der Waals surface area contributed by atoms with Crippen LogP contribution in [0.2, 0.25) is 0 Å². The van der Waals surface area contributed by atoms with E-state index in [4.69, 9.17) is 0 Å². The predicted molar refractivity (Wildman–Crippen MR) is 95.6 cm³/mol. The molecule has 2 aromatic carbocycles. The van der Waals surface area contributed by atoms with E-state index in [1.54, 1.807) is 32.9 Å². The van der Waals surface area contributed by atoms with Crippen LogP contribution in [0.4, 0.5) is 8.78 Å². The highest BCUT2D eigenvalue weighted by molar-refractivity contribution is 5.99. The van der Waals surface area contributed by atoms with Crippen LogP contribution < -0.4 is 5.43 Å². The first-order chi connectivity index (χ1) is 12.1. The second kappa shape index (κ2) is 7.64. The standard InChI is InChI=1S/C20H22F2N2O2/c1-5-13-6-8-14(9-7-13)18(25)23-24(20(2,3)4)19(26)15-10-16(21)12-17(22)11-15/h6-12H,5H2,1-4H3,(H,23,25). The Balaban J connectivity index is 2.29. The Labute approximate surface area is 151 Å². The molecule has 0 saturated heterocycles. The van der Waals surface area contributed by atoms with Gasteiger partial charge in [0.1, 0.15) is 11.6 Å². The number of aryl methyl sites for hydroxylation is 1. The van der Waals surface area contributed by atoms with Crippen molar-refractivity contribution in [2.24, 2.45) is 0 Å². The molecule has 0 aliphatic heterocycles. The molecule has 4 nitrogen and oxygen atoms in total. The van der Waals surface area contributed by atoms with E-state index >= 15 is 0 Å². The molecule has 2 aromatic rings. The van der Waals surface area contributed by atoms with Gasteiger partial charge in [-0.15, -0.1) is 0 Å². The molecule has 1 N–H and O–H groups in total. The third-order valence-corrected chi connectivity index (χ3v) is 3.82. The monoisotopic (exact) mass is 360 g/mol. The van der Waals surface area contributed by atoms with Crippen LogP contribution in [0.25, 0.3) is 0 Å². The summed E-state index contributed by atoms with van der Waals surface area (Å²) in [5.74, 6) is -2.89. The first-order valence-electron chi connectivity index (χ1n) is 8.32. The lowest BCUT2D eigenvalue weighted by molar-refractivity contribution is 0.0358. The van der Waals surface area contributed by atoms with E-state index < -0.39 is 29.0 Å². The minimum Gasteiger partial charge on any atom is -0.267 e. The molecule has 26 heavy (non-hydrogen) atoms. The van der Waals surface area contributed by atoms with Crippen molar-refractivity contribution in [2.75, 3.05) is 0 Å². The number of benzene rings is 2. The van der Waals surface area contributed by atoms with E-state index in [9.17, 15) is 18.4 Å². The van der Waals surface area contributed by atoms with Crippen LogP contribution in [-0.2, 0) is 6.42 Å². The van der Waals surface area contributed by atoms with Gasteiger partial charge in [-0.2, -0.15) is 0 Å². The van der Waals surface area contributed by atoms with Crippen LogP contribution in [0.3, 0.4) is 0 Å². The van der Waals surface area contributed by atoms with Gasteiger partial charge in [-0.05, 0) is 57.0 Å². The molecule has 138 valence electrons. The molecule has 0 aliphatic rings. The van der Waals surface area contributed by atoms with Gasteiger partial charge < -0.3 is 0 Å². The fraction of sp³-hybridized carbons (Fsp3) is 0.300. The average molecular weight is 360 g/mol. The van der Waals surface area contributed by atoms with E-state index in [0.717, 1.165) is 29.1 Å². The first kappa shape index (κ1) is 19.6. The molecular formula is C20H22F2N2O2. The molecule has 0 bridgehead atoms. The summed E-state index contributed by atoms with van der Waals surface area (Å²) >= 11 is 0. The lowest BCUT2D eigenvalue weighted by atomic mass is 10.1. The van der Waals surface area contributed by atoms with E-state index in [1.165, 1.54) is 0 Å². The molecule has 6 heteroatoms. The van der Waals surface area contributed by atoms with Crippen molar-refractivity contribution in [3.8, 4) is 0 Å². The highest BCUT2D eigenvalue weighted by atomic mass is 19.1. The fourth-order valence-corrected chi connectivity index (χ4v) is 2.39. The molecule has 0 unspecified atom stereocenters. The van der Waals surface area contributed by atoms with Crippen LogP contribution in [0, 0.1) is 11.6 Å². The largest absolute Gasteiger partial charge is 0.272 e. The summed E-state index contributed by atoms with van der Waals surface area (Å²) in [7, 11) is 0. The number of nitrogens with one attached hydrogen (secondary N) is 1. The molecule has 0 radical (unpaired) electrons. The second-order valence-corrected chi connectivity index (χ2v) is 6.96. The van der Waals surface area contributed by atoms with Gasteiger partial charge in [0, 0.05) is 17.2 Å². The smallest absolute Gasteiger partial charge is 0.267 e. The molecule has 0 heterocycles. The van der Waals surface area contributed by atoms with Crippen molar-refractivity contribution in [1.82, 2.24) is 10.4 Å². The maximum atomic E-state index is 13.4. The Morgan fingerprint density at radius 3 is 1.96 bits per heavy atom. The number of amides is 2. The zero-order chi connectivity index (χ0) is 19.5. The Hall–Kier alpha value is -2.76. The number of hydrogen-bond donors (Lipinski definition) is 1. The summed E-state index contributed by atoms with van der Waals surface area (Å²) in [6.45, 7) is 7.14. The van der Waals surface area contributed by atoms with Crippen molar-refractivity contribution < 1.29 is 18.4 Å². The number of hydrazine groups is 1. The average Bonchev–Trinajstić information content (AvgIpc) is 2.57. The molecule has 0 saturated carbocycles. The molecule has 0 spiro atoms. The number of nitrogens with zero attached hydrogens (tertiary/aromatic N) is 1. The molecule has 0 fully saturated rings. The number of hydrogen-bond acceptors (Lipinski definition) is 2. The highest BCUT2D eigenvalue weighted by Gasteiger charge is 2.30. The van der Waals surface area contributed by atoms with Crippen molar-refractivity contribution in [1.29, 1.82) is 0 Å². The summed E-state index contributed by atoms with van der Waals surface area (Å²) in [5, 5.41) is 1.08. The minimum atomic E-state index is -0.858. The zero-order valence-corrected chi connectivity index (χ0v) is 15.3. The number of halogens is 2. The molecule has 2 rings (SSSR count). The van der Waals surface area contributed by atoms with E-state index in [2.05, 4.69) is 5.43 Å². The lowest BCUT2D eigenvalue weighted by Crippen LogP contribution is -2.55. The molecule has 0 aliphatic carbocycles. The Bertz CT molecular complexity index is 791. The van der Waals surface area contributed by atoms with Gasteiger partial charge in [-0.3, -0.25) is 15.0 Å². The minimum absolute atomic E-state index is 0.181. The first-order valence-corrected chi connectivity index (χ1v) is 8.32. The fourth-order valence-electron chi connectivity index (χ4n) is 2.39. The van der Waals surface area contributed by atoms with Gasteiger partial charge in [-0.25, -0.2) is 13.8 Å². The topological polar surface area (TPSA) is 49.4 Å². The van der Waals surface area contributed by atoms with Crippen molar-refractivity contribution in [2.45, 2.75) is 39.7 Å². The molecule has 0 aromatic heterocycles. The normalized spacial score (nSPS) is 11.2. The zero-order valence-electron chi connectivity index (χ0n) is 15.3. The van der Waals surface area contributed by atoms with Gasteiger partial charge in [0.15, 0.2) is 0 Å². The highest BCUT2D eigenvalue weighted by Crippen LogP contribution is 2.18. The molecule has 2 amide bonds. The summed E-state index contributed by atoms with van der Waals surface area (Å²) < 4.78 is 26.9. The van der Waals surface area contributed by atoms with Crippen molar-refractivity contribution in [3.63, 3.8) is 0 Å². The van der Waals surface area contributed by atoms with Crippen LogP contribution in [0.1, 0.15) is 54.0 Å². The van der Waals surface area contributed by atoms with Gasteiger partial charge in [0.2, 0.25) is 0 Å². The van der Waals surface area contributed by atoms with Gasteiger partial charge in [0.25, 0.3) is 11.8 Å². The lowest BCUT2D eigenvalue weighted by Gasteiger charge is -2.35. The number of carbonyl (C=O) groups is 2. The van der Waals surface area contributed by atoms with Crippen molar-refractivity contribution >= 4 is 11.8 Å². The SMILES string of the molecule is CCc1ccc(C(=O)NN(C(=O)c2cc(F)cc(F)c2)C(C)(C)C)cc1. The number of carbonyl (C=O) groups excluding carboxylic acids is 2. The van der Waals surface area contributed by atoms with Crippen LogP contribution >= 0.6 is 0 Å². The molecule has 0 atom stereocenters. The van der Waals surface area contributed by atoms with E-state index in [1.807, 2.05) is 19.1 Å². The Morgan fingerprint density at radius 1 is 0.962 bits per heavy atom. The maximum absolute atomic E-state index is 13.4. The summed E-state index contributed by atoms with van der Waals surface area (Å²) in [6.07, 6.45) is 0.847. The third kappa shape index (κ3) is 4.65. The predicted octanol–water partition coefficient (Wildman–Crippen LogP) is 4.11.